The van der Waals surface area contributed by atoms with Gasteiger partial charge in [0, 0.05) is 18.3 Å². The number of pyridine rings is 1. The predicted molar refractivity (Wildman–Crippen MR) is 71.4 cm³/mol. The van der Waals surface area contributed by atoms with Crippen LogP contribution in [0.1, 0.15) is 19.3 Å². The van der Waals surface area contributed by atoms with Crippen LogP contribution in [-0.4, -0.2) is 23.0 Å². The van der Waals surface area contributed by atoms with Crippen LogP contribution in [0.2, 0.25) is 0 Å². The van der Waals surface area contributed by atoms with Crippen LogP contribution in [-0.2, 0) is 0 Å². The Hall–Kier alpha value is -2.02. The number of hydrogen-bond donors (Lipinski definition) is 5. The van der Waals surface area contributed by atoms with Gasteiger partial charge in [-0.05, 0) is 31.4 Å². The van der Waals surface area contributed by atoms with Gasteiger partial charge in [-0.15, -0.1) is 5.10 Å². The van der Waals surface area contributed by atoms with E-state index < -0.39 is 0 Å². The Morgan fingerprint density at radius 3 is 2.89 bits per heavy atom. The number of nitrogens with one attached hydrogen (secondary N) is 3. The fourth-order valence-electron chi connectivity index (χ4n) is 2.21. The monoisotopic (exact) mass is 249 g/mol. The molecule has 1 aliphatic rings. The molecule has 0 spiro atoms. The number of rotatable bonds is 4. The van der Waals surface area contributed by atoms with Gasteiger partial charge in [0.1, 0.15) is 5.82 Å². The number of hydrazine groups is 1. The van der Waals surface area contributed by atoms with Crippen LogP contribution < -0.4 is 27.7 Å². The summed E-state index contributed by atoms with van der Waals surface area (Å²) in [4.78, 5) is 4.25. The van der Waals surface area contributed by atoms with Crippen LogP contribution >= 0.6 is 0 Å². The van der Waals surface area contributed by atoms with Crippen molar-refractivity contribution in [2.45, 2.75) is 31.3 Å². The number of nitrogens with zero attached hydrogens (tertiary/aromatic N) is 2. The van der Waals surface area contributed by atoms with Gasteiger partial charge in [-0.25, -0.2) is 16.4 Å². The van der Waals surface area contributed by atoms with Crippen molar-refractivity contribution in [1.82, 2.24) is 15.8 Å². The number of aromatic nitrogens is 1. The molecule has 0 bridgehead atoms. The zero-order valence-electron chi connectivity index (χ0n) is 10.1. The molecule has 0 aliphatic heterocycles. The number of hydrogen-bond acceptors (Lipinski definition) is 5. The van der Waals surface area contributed by atoms with Gasteiger partial charge < -0.3 is 16.4 Å². The molecule has 2 atom stereocenters. The Labute approximate surface area is 106 Å². The average molecular weight is 249 g/mol. The highest BCUT2D eigenvalue weighted by Gasteiger charge is 2.25. The summed E-state index contributed by atoms with van der Waals surface area (Å²) in [6.45, 7) is 0. The number of nitrogens with two attached hydrogens (primary N) is 2. The largest absolute Gasteiger partial charge is 0.368 e. The molecular weight excluding hydrogens is 230 g/mol. The van der Waals surface area contributed by atoms with Crippen molar-refractivity contribution in [2.75, 3.05) is 5.32 Å². The molecule has 1 heterocycles. The van der Waals surface area contributed by atoms with Crippen LogP contribution in [0.4, 0.5) is 5.82 Å². The average Bonchev–Trinajstić information content (AvgIpc) is 2.78. The zero-order valence-corrected chi connectivity index (χ0v) is 10.1. The lowest BCUT2D eigenvalue weighted by Gasteiger charge is -2.15. The second-order valence-corrected chi connectivity index (χ2v) is 4.34. The molecule has 0 aromatic carbocycles. The van der Waals surface area contributed by atoms with E-state index in [9.17, 15) is 0 Å². The quantitative estimate of drug-likeness (QED) is 0.217. The van der Waals surface area contributed by atoms with E-state index in [1.54, 1.807) is 6.20 Å². The maximum atomic E-state index is 5.63. The summed E-state index contributed by atoms with van der Waals surface area (Å²) in [5, 5.41) is 10.2. The predicted octanol–water partition coefficient (Wildman–Crippen LogP) is -0.303. The maximum Gasteiger partial charge on any atom is 0.212 e. The van der Waals surface area contributed by atoms with E-state index in [0.29, 0.717) is 18.0 Å². The Morgan fingerprint density at radius 2 is 2.17 bits per heavy atom. The SMILES string of the molecule is NN/N=C(\N)NC1CCC(Nc2ccccn2)C1. The van der Waals surface area contributed by atoms with E-state index in [1.807, 2.05) is 18.2 Å². The van der Waals surface area contributed by atoms with Gasteiger partial charge in [-0.3, -0.25) is 0 Å². The molecule has 98 valence electrons. The van der Waals surface area contributed by atoms with E-state index in [2.05, 4.69) is 26.3 Å². The summed E-state index contributed by atoms with van der Waals surface area (Å²) in [7, 11) is 0. The van der Waals surface area contributed by atoms with Gasteiger partial charge >= 0.3 is 0 Å². The zero-order chi connectivity index (χ0) is 12.8. The molecule has 1 aliphatic carbocycles. The van der Waals surface area contributed by atoms with Crippen molar-refractivity contribution < 1.29 is 0 Å². The third kappa shape index (κ3) is 3.49. The van der Waals surface area contributed by atoms with Gasteiger partial charge in [0.05, 0.1) is 0 Å². The molecule has 18 heavy (non-hydrogen) atoms. The van der Waals surface area contributed by atoms with Crippen molar-refractivity contribution in [3.05, 3.63) is 24.4 Å². The van der Waals surface area contributed by atoms with Gasteiger partial charge in [0.2, 0.25) is 5.96 Å². The smallest absolute Gasteiger partial charge is 0.212 e. The third-order valence-corrected chi connectivity index (χ3v) is 2.99. The molecule has 7 nitrogen and oxygen atoms in total. The summed E-state index contributed by atoms with van der Waals surface area (Å²) in [5.41, 5.74) is 7.79. The molecule has 1 aromatic rings. The molecular formula is C11H19N7. The third-order valence-electron chi connectivity index (χ3n) is 2.99. The fraction of sp³-hybridized carbons (Fsp3) is 0.455. The first kappa shape index (κ1) is 12.4. The van der Waals surface area contributed by atoms with Crippen LogP contribution in [0, 0.1) is 0 Å². The summed E-state index contributed by atoms with van der Waals surface area (Å²) in [5.74, 6) is 6.29. The lowest BCUT2D eigenvalue weighted by Crippen LogP contribution is -2.41. The van der Waals surface area contributed by atoms with E-state index in [4.69, 9.17) is 11.6 Å². The van der Waals surface area contributed by atoms with E-state index in [0.717, 1.165) is 25.1 Å². The molecule has 1 fully saturated rings. The van der Waals surface area contributed by atoms with Gasteiger partial charge in [0.15, 0.2) is 0 Å². The highest BCUT2D eigenvalue weighted by molar-refractivity contribution is 5.77. The lowest BCUT2D eigenvalue weighted by molar-refractivity contribution is 0.612. The van der Waals surface area contributed by atoms with Crippen molar-refractivity contribution >= 4 is 11.8 Å². The summed E-state index contributed by atoms with van der Waals surface area (Å²) < 4.78 is 0. The summed E-state index contributed by atoms with van der Waals surface area (Å²) in [6.07, 6.45) is 4.89. The van der Waals surface area contributed by atoms with E-state index in [-0.39, 0.29) is 0 Å². The number of hydrazone groups is 1. The molecule has 1 aromatic heterocycles. The maximum absolute atomic E-state index is 5.63. The standard InChI is InChI=1S/C11H19N7/c12-11(17-18-13)16-9-5-4-8(7-9)15-10-3-1-2-6-14-10/h1-3,6,8-9,18H,4-5,7,13H2,(H,14,15)(H3,12,16,17). The van der Waals surface area contributed by atoms with Crippen molar-refractivity contribution in [3.63, 3.8) is 0 Å². The molecule has 0 saturated heterocycles. The minimum absolute atomic E-state index is 0.320. The van der Waals surface area contributed by atoms with E-state index in [1.165, 1.54) is 0 Å². The van der Waals surface area contributed by atoms with Crippen LogP contribution in [0.3, 0.4) is 0 Å². The molecule has 7 heteroatoms. The molecule has 1 saturated carbocycles. The Morgan fingerprint density at radius 1 is 1.33 bits per heavy atom. The molecule has 2 unspecified atom stereocenters. The minimum atomic E-state index is 0.320. The van der Waals surface area contributed by atoms with Crippen LogP contribution in [0.15, 0.2) is 29.5 Å². The summed E-state index contributed by atoms with van der Waals surface area (Å²) >= 11 is 0. The number of guanidine groups is 1. The summed E-state index contributed by atoms with van der Waals surface area (Å²) in [6, 6.07) is 6.58. The van der Waals surface area contributed by atoms with Gasteiger partial charge in [-0.1, -0.05) is 6.07 Å². The molecule has 7 N–H and O–H groups in total. The highest BCUT2D eigenvalue weighted by atomic mass is 15.5. The molecule has 2 rings (SSSR count). The van der Waals surface area contributed by atoms with Gasteiger partial charge in [0.25, 0.3) is 0 Å². The van der Waals surface area contributed by atoms with Gasteiger partial charge in [-0.2, -0.15) is 0 Å². The highest BCUT2D eigenvalue weighted by Crippen LogP contribution is 2.22. The topological polar surface area (TPSA) is 113 Å². The molecule has 0 amide bonds. The second kappa shape index (κ2) is 6.06. The lowest BCUT2D eigenvalue weighted by atomic mass is 10.2. The van der Waals surface area contributed by atoms with Crippen LogP contribution in [0.25, 0.3) is 0 Å². The number of anilines is 1. The first-order chi connectivity index (χ1) is 8.78. The first-order valence-corrected chi connectivity index (χ1v) is 6.01. The van der Waals surface area contributed by atoms with Crippen molar-refractivity contribution in [3.8, 4) is 0 Å². The Kier molecular flexibility index (Phi) is 4.19. The normalized spacial score (nSPS) is 23.7. The van der Waals surface area contributed by atoms with E-state index >= 15 is 0 Å². The molecule has 0 radical (unpaired) electrons. The Bertz CT molecular complexity index is 392. The Balaban J connectivity index is 1.80. The van der Waals surface area contributed by atoms with Crippen molar-refractivity contribution in [2.24, 2.45) is 16.7 Å². The van der Waals surface area contributed by atoms with Crippen LogP contribution in [0.5, 0.6) is 0 Å². The fourth-order valence-corrected chi connectivity index (χ4v) is 2.21. The first-order valence-electron chi connectivity index (χ1n) is 6.01. The second-order valence-electron chi connectivity index (χ2n) is 4.34. The minimum Gasteiger partial charge on any atom is -0.368 e. The van der Waals surface area contributed by atoms with Crippen molar-refractivity contribution in [1.29, 1.82) is 0 Å².